The van der Waals surface area contributed by atoms with E-state index in [0.29, 0.717) is 6.54 Å². The third-order valence-electron chi connectivity index (χ3n) is 3.68. The normalized spacial score (nSPS) is 12.6. The summed E-state index contributed by atoms with van der Waals surface area (Å²) in [4.78, 5) is 2.14. The zero-order chi connectivity index (χ0) is 15.1. The first-order valence-corrected chi connectivity index (χ1v) is 7.39. The molecule has 1 unspecified atom stereocenters. The van der Waals surface area contributed by atoms with Gasteiger partial charge < -0.3 is 10.6 Å². The first-order valence-electron chi connectivity index (χ1n) is 7.39. The van der Waals surface area contributed by atoms with E-state index >= 15 is 0 Å². The summed E-state index contributed by atoms with van der Waals surface area (Å²) in [6.45, 7) is 1.54. The van der Waals surface area contributed by atoms with E-state index in [1.807, 2.05) is 37.4 Å². The molecule has 0 aromatic heterocycles. The molecule has 2 aromatic carbocycles. The Balaban J connectivity index is 1.75. The zero-order valence-electron chi connectivity index (χ0n) is 12.5. The van der Waals surface area contributed by atoms with Gasteiger partial charge in [0.15, 0.2) is 0 Å². The predicted octanol–water partition coefficient (Wildman–Crippen LogP) is 3.74. The van der Waals surface area contributed by atoms with E-state index in [0.717, 1.165) is 24.9 Å². The van der Waals surface area contributed by atoms with Gasteiger partial charge in [0.2, 0.25) is 0 Å². The Hall–Kier alpha value is -1.71. The Morgan fingerprint density at radius 2 is 1.71 bits per heavy atom. The summed E-state index contributed by atoms with van der Waals surface area (Å²) in [5, 5.41) is 0. The Labute approximate surface area is 126 Å². The van der Waals surface area contributed by atoms with Gasteiger partial charge in [-0.25, -0.2) is 4.39 Å². The van der Waals surface area contributed by atoms with Crippen molar-refractivity contribution >= 4 is 0 Å². The van der Waals surface area contributed by atoms with Crippen LogP contribution < -0.4 is 5.73 Å². The number of rotatable bonds is 7. The van der Waals surface area contributed by atoms with Gasteiger partial charge in [0.25, 0.3) is 0 Å². The highest BCUT2D eigenvalue weighted by Gasteiger charge is 2.08. The Morgan fingerprint density at radius 3 is 2.43 bits per heavy atom. The quantitative estimate of drug-likeness (QED) is 0.840. The lowest BCUT2D eigenvalue weighted by Gasteiger charge is -2.18. The molecule has 21 heavy (non-hydrogen) atoms. The second-order valence-electron chi connectivity index (χ2n) is 5.49. The monoisotopic (exact) mass is 286 g/mol. The third kappa shape index (κ3) is 4.96. The number of nitrogens with zero attached hydrogens (tertiary/aromatic N) is 1. The molecular weight excluding hydrogens is 263 g/mol. The lowest BCUT2D eigenvalue weighted by atomic mass is 10.0. The van der Waals surface area contributed by atoms with E-state index in [4.69, 9.17) is 5.73 Å². The molecule has 2 nitrogen and oxygen atoms in total. The smallest absolute Gasteiger partial charge is 0.127 e. The minimum atomic E-state index is -0.134. The van der Waals surface area contributed by atoms with Crippen molar-refractivity contribution < 1.29 is 4.39 Å². The average Bonchev–Trinajstić information content (AvgIpc) is 2.50. The van der Waals surface area contributed by atoms with Crippen LogP contribution in [0.4, 0.5) is 4.39 Å². The van der Waals surface area contributed by atoms with E-state index in [9.17, 15) is 4.39 Å². The molecular formula is C18H23FN2. The van der Waals surface area contributed by atoms with Crippen LogP contribution in [0.25, 0.3) is 0 Å². The average molecular weight is 286 g/mol. The van der Waals surface area contributed by atoms with Crippen LogP contribution in [0.5, 0.6) is 0 Å². The fourth-order valence-corrected chi connectivity index (χ4v) is 2.44. The van der Waals surface area contributed by atoms with Crippen molar-refractivity contribution in [2.24, 2.45) is 5.73 Å². The molecule has 0 radical (unpaired) electrons. The van der Waals surface area contributed by atoms with Crippen molar-refractivity contribution in [2.45, 2.75) is 25.4 Å². The van der Waals surface area contributed by atoms with Crippen LogP contribution in [0.2, 0.25) is 0 Å². The SMILES string of the molecule is CN(CCCC(N)c1ccccc1)Cc1ccccc1F. The molecule has 0 fully saturated rings. The van der Waals surface area contributed by atoms with Crippen LogP contribution in [0.3, 0.4) is 0 Å². The molecule has 2 aromatic rings. The summed E-state index contributed by atoms with van der Waals surface area (Å²) in [5.74, 6) is -0.134. The van der Waals surface area contributed by atoms with E-state index in [1.165, 1.54) is 11.6 Å². The maximum atomic E-state index is 13.6. The first kappa shape index (κ1) is 15.7. The molecule has 0 spiro atoms. The molecule has 0 saturated heterocycles. The number of halogens is 1. The molecule has 2 rings (SSSR count). The van der Waals surface area contributed by atoms with Crippen LogP contribution in [-0.4, -0.2) is 18.5 Å². The van der Waals surface area contributed by atoms with E-state index in [1.54, 1.807) is 6.07 Å². The predicted molar refractivity (Wildman–Crippen MR) is 85.3 cm³/mol. The molecule has 0 bridgehead atoms. The van der Waals surface area contributed by atoms with Gasteiger partial charge in [-0.3, -0.25) is 0 Å². The fourth-order valence-electron chi connectivity index (χ4n) is 2.44. The van der Waals surface area contributed by atoms with Crippen LogP contribution in [-0.2, 0) is 6.54 Å². The van der Waals surface area contributed by atoms with Crippen molar-refractivity contribution in [1.29, 1.82) is 0 Å². The van der Waals surface area contributed by atoms with E-state index in [-0.39, 0.29) is 11.9 Å². The fraction of sp³-hybridized carbons (Fsp3) is 0.333. The number of hydrogen-bond donors (Lipinski definition) is 1. The van der Waals surface area contributed by atoms with Crippen molar-refractivity contribution in [3.8, 4) is 0 Å². The standard InChI is InChI=1S/C18H23FN2/c1-21(14-16-10-5-6-11-17(16)19)13-7-12-18(20)15-8-3-2-4-9-15/h2-6,8-11,18H,7,12-14,20H2,1H3. The van der Waals surface area contributed by atoms with Crippen molar-refractivity contribution in [3.63, 3.8) is 0 Å². The summed E-state index contributed by atoms with van der Waals surface area (Å²) in [5.41, 5.74) is 8.10. The van der Waals surface area contributed by atoms with Gasteiger partial charge in [0.05, 0.1) is 0 Å². The van der Waals surface area contributed by atoms with Gasteiger partial charge in [0, 0.05) is 18.2 Å². The first-order chi connectivity index (χ1) is 10.2. The maximum absolute atomic E-state index is 13.6. The highest BCUT2D eigenvalue weighted by molar-refractivity contribution is 5.18. The highest BCUT2D eigenvalue weighted by atomic mass is 19.1. The van der Waals surface area contributed by atoms with Gasteiger partial charge in [-0.15, -0.1) is 0 Å². The van der Waals surface area contributed by atoms with Crippen LogP contribution in [0.15, 0.2) is 54.6 Å². The molecule has 112 valence electrons. The van der Waals surface area contributed by atoms with Crippen molar-refractivity contribution in [1.82, 2.24) is 4.90 Å². The summed E-state index contributed by atoms with van der Waals surface area (Å²) >= 11 is 0. The van der Waals surface area contributed by atoms with Gasteiger partial charge >= 0.3 is 0 Å². The van der Waals surface area contributed by atoms with E-state index < -0.39 is 0 Å². The Bertz CT molecular complexity index is 542. The minimum Gasteiger partial charge on any atom is -0.324 e. The number of benzene rings is 2. The van der Waals surface area contributed by atoms with Gasteiger partial charge in [0.1, 0.15) is 5.82 Å². The number of nitrogens with two attached hydrogens (primary N) is 1. The second-order valence-corrected chi connectivity index (χ2v) is 5.49. The summed E-state index contributed by atoms with van der Waals surface area (Å²) in [6.07, 6.45) is 1.94. The lowest BCUT2D eigenvalue weighted by molar-refractivity contribution is 0.309. The van der Waals surface area contributed by atoms with Crippen LogP contribution >= 0.6 is 0 Å². The molecule has 2 N–H and O–H groups in total. The van der Waals surface area contributed by atoms with E-state index in [2.05, 4.69) is 17.0 Å². The van der Waals surface area contributed by atoms with Gasteiger partial charge in [-0.1, -0.05) is 48.5 Å². The highest BCUT2D eigenvalue weighted by Crippen LogP contribution is 2.16. The molecule has 0 aliphatic rings. The largest absolute Gasteiger partial charge is 0.324 e. The Morgan fingerprint density at radius 1 is 1.05 bits per heavy atom. The molecule has 1 atom stereocenters. The summed E-state index contributed by atoms with van der Waals surface area (Å²) in [7, 11) is 2.01. The summed E-state index contributed by atoms with van der Waals surface area (Å²) < 4.78 is 13.6. The second kappa shape index (κ2) is 7.91. The van der Waals surface area contributed by atoms with Crippen LogP contribution in [0, 0.1) is 5.82 Å². The Kier molecular flexibility index (Phi) is 5.90. The maximum Gasteiger partial charge on any atom is 0.127 e. The molecule has 0 heterocycles. The zero-order valence-corrected chi connectivity index (χ0v) is 12.5. The minimum absolute atomic E-state index is 0.0769. The third-order valence-corrected chi connectivity index (χ3v) is 3.68. The van der Waals surface area contributed by atoms with Crippen molar-refractivity contribution in [2.75, 3.05) is 13.6 Å². The van der Waals surface area contributed by atoms with Gasteiger partial charge in [-0.05, 0) is 38.1 Å². The van der Waals surface area contributed by atoms with Gasteiger partial charge in [-0.2, -0.15) is 0 Å². The van der Waals surface area contributed by atoms with Crippen LogP contribution in [0.1, 0.15) is 30.0 Å². The molecule has 0 aliphatic heterocycles. The van der Waals surface area contributed by atoms with Crippen molar-refractivity contribution in [3.05, 3.63) is 71.5 Å². The molecule has 0 saturated carbocycles. The summed E-state index contributed by atoms with van der Waals surface area (Å²) in [6, 6.07) is 17.2. The molecule has 0 amide bonds. The lowest BCUT2D eigenvalue weighted by Crippen LogP contribution is -2.21. The molecule has 0 aliphatic carbocycles. The number of hydrogen-bond acceptors (Lipinski definition) is 2. The molecule has 3 heteroatoms. The topological polar surface area (TPSA) is 29.3 Å².